The number of nitrogens with one attached hydrogen (secondary N) is 1. The van der Waals surface area contributed by atoms with Crippen LogP contribution in [0.4, 0.5) is 4.39 Å². The van der Waals surface area contributed by atoms with Crippen LogP contribution in [0.3, 0.4) is 0 Å². The number of likely N-dealkylation sites (tertiary alicyclic amines) is 1. The Balaban J connectivity index is 0.00000324. The zero-order chi connectivity index (χ0) is 23.2. The summed E-state index contributed by atoms with van der Waals surface area (Å²) in [4.78, 5) is 15.2. The van der Waals surface area contributed by atoms with Crippen LogP contribution in [-0.4, -0.2) is 47.7 Å². The first-order valence-corrected chi connectivity index (χ1v) is 12.0. The van der Waals surface area contributed by atoms with Gasteiger partial charge in [-0.1, -0.05) is 32.0 Å². The molecule has 0 atom stereocenters. The van der Waals surface area contributed by atoms with Crippen LogP contribution in [-0.2, 0) is 6.54 Å². The fraction of sp³-hybridized carbons (Fsp3) is 0.444. The molecule has 0 unspecified atom stereocenters. The minimum atomic E-state index is -0.240. The van der Waals surface area contributed by atoms with Gasteiger partial charge < -0.3 is 19.5 Å². The fourth-order valence-electron chi connectivity index (χ4n) is 4.43. The van der Waals surface area contributed by atoms with Crippen molar-refractivity contribution in [1.29, 1.82) is 0 Å². The summed E-state index contributed by atoms with van der Waals surface area (Å²) in [5, 5.41) is 4.06. The van der Waals surface area contributed by atoms with E-state index in [1.807, 2.05) is 24.4 Å². The van der Waals surface area contributed by atoms with E-state index < -0.39 is 0 Å². The van der Waals surface area contributed by atoms with Gasteiger partial charge >= 0.3 is 0 Å². The molecule has 2 heterocycles. The van der Waals surface area contributed by atoms with Crippen molar-refractivity contribution in [3.63, 3.8) is 0 Å². The number of ether oxygens (including phenoxy) is 1. The van der Waals surface area contributed by atoms with Crippen LogP contribution in [0, 0.1) is 11.7 Å². The van der Waals surface area contributed by atoms with Crippen LogP contribution in [0.15, 0.2) is 54.7 Å². The van der Waals surface area contributed by atoms with Gasteiger partial charge in [0.1, 0.15) is 17.7 Å². The van der Waals surface area contributed by atoms with Crippen molar-refractivity contribution in [2.45, 2.75) is 45.8 Å². The van der Waals surface area contributed by atoms with Gasteiger partial charge in [0, 0.05) is 43.3 Å². The second-order valence-electron chi connectivity index (χ2n) is 9.32. The monoisotopic (exact) mass is 487 g/mol. The average Bonchev–Trinajstić information content (AvgIpc) is 3.19. The number of hydrogen-bond donors (Lipinski definition) is 1. The van der Waals surface area contributed by atoms with Crippen LogP contribution in [0.25, 0.3) is 10.9 Å². The lowest BCUT2D eigenvalue weighted by Gasteiger charge is -2.32. The summed E-state index contributed by atoms with van der Waals surface area (Å²) in [5.74, 6) is 0.924. The van der Waals surface area contributed by atoms with E-state index in [0.29, 0.717) is 12.5 Å². The first-order chi connectivity index (χ1) is 16.0. The number of rotatable bonds is 9. The van der Waals surface area contributed by atoms with E-state index in [2.05, 4.69) is 34.7 Å². The van der Waals surface area contributed by atoms with E-state index in [-0.39, 0.29) is 30.2 Å². The Morgan fingerprint density at radius 3 is 2.50 bits per heavy atom. The molecule has 34 heavy (non-hydrogen) atoms. The zero-order valence-corrected chi connectivity index (χ0v) is 20.8. The van der Waals surface area contributed by atoms with E-state index >= 15 is 0 Å². The summed E-state index contributed by atoms with van der Waals surface area (Å²) in [7, 11) is 0. The van der Waals surface area contributed by atoms with E-state index in [4.69, 9.17) is 4.74 Å². The highest BCUT2D eigenvalue weighted by Gasteiger charge is 2.21. The quantitative estimate of drug-likeness (QED) is 0.432. The van der Waals surface area contributed by atoms with Gasteiger partial charge in [-0.2, -0.15) is 0 Å². The van der Waals surface area contributed by atoms with Gasteiger partial charge in [0.15, 0.2) is 0 Å². The summed E-state index contributed by atoms with van der Waals surface area (Å²) in [5.41, 5.74) is 1.86. The van der Waals surface area contributed by atoms with Crippen molar-refractivity contribution >= 4 is 29.2 Å². The maximum Gasteiger partial charge on any atom is 0.253 e. The molecule has 0 spiro atoms. The number of carbonyl (C=O) groups is 1. The Labute approximate surface area is 207 Å². The number of halogens is 2. The van der Waals surface area contributed by atoms with E-state index in [1.54, 1.807) is 12.1 Å². The molecule has 1 fully saturated rings. The number of amides is 1. The SMILES string of the molecule is CC(C)CNC(=O)c1cn(CCCN2CCC(Oc3ccc(F)cc3)CC2)c2ccccc12.Cl. The molecule has 1 aliphatic rings. The van der Waals surface area contributed by atoms with Crippen LogP contribution in [0.5, 0.6) is 5.75 Å². The molecule has 2 aromatic carbocycles. The van der Waals surface area contributed by atoms with Crippen molar-refractivity contribution < 1.29 is 13.9 Å². The second kappa shape index (κ2) is 12.2. The van der Waals surface area contributed by atoms with E-state index in [9.17, 15) is 9.18 Å². The van der Waals surface area contributed by atoms with E-state index in [1.165, 1.54) is 12.1 Å². The molecular formula is C27H35ClFN3O2. The maximum atomic E-state index is 13.1. The summed E-state index contributed by atoms with van der Waals surface area (Å²) >= 11 is 0. The summed E-state index contributed by atoms with van der Waals surface area (Å²) in [6, 6.07) is 14.4. The molecule has 0 saturated carbocycles. The highest BCUT2D eigenvalue weighted by molar-refractivity contribution is 6.07. The number of nitrogens with zero attached hydrogens (tertiary/aromatic N) is 2. The number of piperidine rings is 1. The summed E-state index contributed by atoms with van der Waals surface area (Å²) in [6.07, 6.45) is 5.17. The molecule has 0 radical (unpaired) electrons. The van der Waals surface area contributed by atoms with Gasteiger partial charge in [-0.3, -0.25) is 4.79 Å². The van der Waals surface area contributed by atoms with Crippen molar-refractivity contribution in [3.8, 4) is 5.75 Å². The highest BCUT2D eigenvalue weighted by Crippen LogP contribution is 2.23. The number of fused-ring (bicyclic) bond motifs is 1. The van der Waals surface area contributed by atoms with Crippen LogP contribution in [0.2, 0.25) is 0 Å². The third-order valence-corrected chi connectivity index (χ3v) is 6.23. The number of benzene rings is 2. The molecule has 1 aliphatic heterocycles. The van der Waals surface area contributed by atoms with Gasteiger partial charge in [-0.05, 0) is 62.1 Å². The molecule has 1 amide bonds. The fourth-order valence-corrected chi connectivity index (χ4v) is 4.43. The van der Waals surface area contributed by atoms with Crippen molar-refractivity contribution in [2.75, 3.05) is 26.2 Å². The predicted molar refractivity (Wildman–Crippen MR) is 137 cm³/mol. The summed E-state index contributed by atoms with van der Waals surface area (Å²) in [6.45, 7) is 8.78. The first-order valence-electron chi connectivity index (χ1n) is 12.0. The van der Waals surface area contributed by atoms with Gasteiger partial charge in [-0.15, -0.1) is 12.4 Å². The first kappa shape index (κ1) is 26.0. The summed E-state index contributed by atoms with van der Waals surface area (Å²) < 4.78 is 21.3. The standard InChI is InChI=1S/C27H34FN3O2.ClH/c1-20(2)18-29-27(32)25-19-31(26-7-4-3-6-24(25)26)15-5-14-30-16-12-23(13-17-30)33-22-10-8-21(28)9-11-22;/h3-4,6-11,19-20,23H,5,12-18H2,1-2H3,(H,29,32);1H. The molecular weight excluding hydrogens is 453 g/mol. The largest absolute Gasteiger partial charge is 0.490 e. The van der Waals surface area contributed by atoms with Crippen LogP contribution < -0.4 is 10.1 Å². The van der Waals surface area contributed by atoms with Gasteiger partial charge in [0.05, 0.1) is 5.56 Å². The minimum Gasteiger partial charge on any atom is -0.490 e. The van der Waals surface area contributed by atoms with Gasteiger partial charge in [0.25, 0.3) is 5.91 Å². The topological polar surface area (TPSA) is 46.5 Å². The third-order valence-electron chi connectivity index (χ3n) is 6.23. The molecule has 5 nitrogen and oxygen atoms in total. The molecule has 0 bridgehead atoms. The normalized spacial score (nSPS) is 14.8. The third kappa shape index (κ3) is 6.73. The Kier molecular flexibility index (Phi) is 9.36. The minimum absolute atomic E-state index is 0. The zero-order valence-electron chi connectivity index (χ0n) is 20.0. The lowest BCUT2D eigenvalue weighted by Crippen LogP contribution is -2.38. The van der Waals surface area contributed by atoms with Crippen LogP contribution >= 0.6 is 12.4 Å². The molecule has 1 aromatic heterocycles. The highest BCUT2D eigenvalue weighted by atomic mass is 35.5. The average molecular weight is 488 g/mol. The second-order valence-corrected chi connectivity index (χ2v) is 9.32. The number of para-hydroxylation sites is 1. The number of aromatic nitrogens is 1. The lowest BCUT2D eigenvalue weighted by atomic mass is 10.1. The Hall–Kier alpha value is -2.57. The van der Waals surface area contributed by atoms with Crippen molar-refractivity contribution in [2.24, 2.45) is 5.92 Å². The van der Waals surface area contributed by atoms with E-state index in [0.717, 1.165) is 67.7 Å². The maximum absolute atomic E-state index is 13.1. The molecule has 4 rings (SSSR count). The van der Waals surface area contributed by atoms with Gasteiger partial charge in [0.2, 0.25) is 0 Å². The number of hydrogen-bond acceptors (Lipinski definition) is 3. The number of aryl methyl sites for hydroxylation is 1. The Morgan fingerprint density at radius 2 is 1.79 bits per heavy atom. The number of carbonyl (C=O) groups excluding carboxylic acids is 1. The van der Waals surface area contributed by atoms with Gasteiger partial charge in [-0.25, -0.2) is 4.39 Å². The Morgan fingerprint density at radius 1 is 1.09 bits per heavy atom. The van der Waals surface area contributed by atoms with Crippen LogP contribution in [0.1, 0.15) is 43.5 Å². The molecule has 7 heteroatoms. The smallest absolute Gasteiger partial charge is 0.253 e. The molecule has 1 saturated heterocycles. The molecule has 184 valence electrons. The van der Waals surface area contributed by atoms with Crippen molar-refractivity contribution in [3.05, 3.63) is 66.1 Å². The Bertz CT molecular complexity index is 1060. The molecule has 1 N–H and O–H groups in total. The predicted octanol–water partition coefficient (Wildman–Crippen LogP) is 5.52. The molecule has 0 aliphatic carbocycles. The van der Waals surface area contributed by atoms with Crippen molar-refractivity contribution in [1.82, 2.24) is 14.8 Å². The lowest BCUT2D eigenvalue weighted by molar-refractivity contribution is 0.0950. The molecule has 3 aromatic rings.